The minimum atomic E-state index is -0.214. The number of fused-ring (bicyclic) bond motifs is 16. The van der Waals surface area contributed by atoms with Crippen LogP contribution < -0.4 is 14.4 Å². The molecule has 8 fully saturated rings. The van der Waals surface area contributed by atoms with Gasteiger partial charge in [0.15, 0.2) is 5.78 Å². The van der Waals surface area contributed by atoms with E-state index in [1.165, 1.54) is 188 Å². The number of benzene rings is 8. The van der Waals surface area contributed by atoms with E-state index in [1.54, 1.807) is 27.8 Å². The summed E-state index contributed by atoms with van der Waals surface area (Å²) in [6.07, 6.45) is 26.1. The third-order valence-electron chi connectivity index (χ3n) is 29.9. The number of ether oxygens (including phenoxy) is 2. The van der Waals surface area contributed by atoms with Crippen molar-refractivity contribution in [1.29, 1.82) is 0 Å². The van der Waals surface area contributed by atoms with Gasteiger partial charge >= 0.3 is 0 Å². The summed E-state index contributed by atoms with van der Waals surface area (Å²) in [6, 6.07) is 74.2. The number of hydrogen-bond acceptors (Lipinski definition) is 13. The fraction of sp³-hybridized carbons (Fsp3) is 0.495. The number of likely N-dealkylation sites (N-methyl/N-ethyl adjacent to an activating group) is 3. The lowest BCUT2D eigenvalue weighted by atomic mass is 9.72. The smallest absolute Gasteiger partial charge is 0.160 e. The van der Waals surface area contributed by atoms with Crippen molar-refractivity contribution in [3.05, 3.63) is 274 Å². The topological polar surface area (TPSA) is 77.8 Å². The van der Waals surface area contributed by atoms with Crippen LogP contribution in [0.5, 0.6) is 11.5 Å². The van der Waals surface area contributed by atoms with E-state index in [0.29, 0.717) is 47.0 Å². The van der Waals surface area contributed by atoms with Crippen LogP contribution in [0.1, 0.15) is 175 Å². The number of carbonyl (C=O) groups is 1. The molecule has 14 aliphatic rings. The van der Waals surface area contributed by atoms with E-state index in [4.69, 9.17) is 13.9 Å². The van der Waals surface area contributed by atoms with Crippen LogP contribution >= 0.6 is 0 Å². The van der Waals surface area contributed by atoms with Crippen LogP contribution in [-0.4, -0.2) is 224 Å². The Hall–Kier alpha value is -8.21. The van der Waals surface area contributed by atoms with Crippen LogP contribution in [0.25, 0.3) is 17.0 Å². The molecule has 8 saturated heterocycles. The van der Waals surface area contributed by atoms with E-state index >= 15 is 0 Å². The minimum Gasteiger partial charge on any atom is -0.492 e. The molecular formula is C105H135N9O4. The molecule has 0 amide bonds. The van der Waals surface area contributed by atoms with Crippen molar-refractivity contribution < 1.29 is 18.7 Å². The zero-order valence-electron chi connectivity index (χ0n) is 72.5. The molecule has 624 valence electrons. The van der Waals surface area contributed by atoms with Gasteiger partial charge in [0.1, 0.15) is 41.1 Å². The molecule has 3 spiro atoms. The Morgan fingerprint density at radius 1 is 0.407 bits per heavy atom. The first-order valence-corrected chi connectivity index (χ1v) is 45.4. The quantitative estimate of drug-likeness (QED) is 0.165. The van der Waals surface area contributed by atoms with E-state index in [-0.39, 0.29) is 5.54 Å². The number of para-hydroxylation sites is 4. The number of furan rings is 1. The molecule has 23 rings (SSSR count). The Bertz CT molecular complexity index is 4750. The molecule has 0 radical (unpaired) electrons. The molecule has 13 heteroatoms. The van der Waals surface area contributed by atoms with Crippen molar-refractivity contribution in [1.82, 2.24) is 39.2 Å². The highest BCUT2D eigenvalue weighted by Gasteiger charge is 2.50. The van der Waals surface area contributed by atoms with Gasteiger partial charge in [-0.25, -0.2) is 0 Å². The van der Waals surface area contributed by atoms with Gasteiger partial charge in [0.05, 0.1) is 12.6 Å². The molecule has 0 N–H and O–H groups in total. The van der Waals surface area contributed by atoms with Gasteiger partial charge in [0.25, 0.3) is 0 Å². The number of Topliss-reactive ketones (excluding diaryl/α,β-unsaturated/α-hetero) is 1. The van der Waals surface area contributed by atoms with Gasteiger partial charge in [-0.15, -0.1) is 0 Å². The first-order chi connectivity index (χ1) is 57.6. The van der Waals surface area contributed by atoms with Gasteiger partial charge in [-0.05, 0) is 316 Å². The van der Waals surface area contributed by atoms with Crippen LogP contribution in [0.2, 0.25) is 0 Å². The molecule has 12 heterocycles. The summed E-state index contributed by atoms with van der Waals surface area (Å²) >= 11 is 0. The fourth-order valence-corrected chi connectivity index (χ4v) is 22.5. The molecule has 0 saturated carbocycles. The number of nitrogens with zero attached hydrogens (tertiary/aromatic N) is 9. The Morgan fingerprint density at radius 2 is 0.975 bits per heavy atom. The van der Waals surface area contributed by atoms with Gasteiger partial charge in [-0.2, -0.15) is 0 Å². The second-order valence-corrected chi connectivity index (χ2v) is 37.4. The lowest BCUT2D eigenvalue weighted by Gasteiger charge is -2.43. The summed E-state index contributed by atoms with van der Waals surface area (Å²) in [5.41, 5.74) is 18.2. The molecule has 11 aliphatic heterocycles. The van der Waals surface area contributed by atoms with E-state index in [1.807, 2.05) is 18.2 Å². The zero-order valence-corrected chi connectivity index (χ0v) is 72.5. The number of hydrogen-bond donors (Lipinski definition) is 0. The van der Waals surface area contributed by atoms with Gasteiger partial charge in [0, 0.05) is 85.1 Å². The highest BCUT2D eigenvalue weighted by molar-refractivity contribution is 5.95. The maximum atomic E-state index is 12.4. The van der Waals surface area contributed by atoms with Crippen molar-refractivity contribution in [3.63, 3.8) is 0 Å². The summed E-state index contributed by atoms with van der Waals surface area (Å²) in [5.74, 6) is 7.72. The molecule has 2 unspecified atom stereocenters. The van der Waals surface area contributed by atoms with Crippen molar-refractivity contribution in [2.75, 3.05) is 166 Å². The molecule has 13 nitrogen and oxygen atoms in total. The van der Waals surface area contributed by atoms with Gasteiger partial charge < -0.3 is 48.2 Å². The summed E-state index contributed by atoms with van der Waals surface area (Å²) in [7, 11) is 17.6. The molecule has 3 aliphatic carbocycles. The largest absolute Gasteiger partial charge is 0.492 e. The predicted octanol–water partition coefficient (Wildman–Crippen LogP) is 18.5. The minimum absolute atomic E-state index is 0.214. The Labute approximate surface area is 707 Å². The van der Waals surface area contributed by atoms with Crippen molar-refractivity contribution in [2.24, 2.45) is 5.92 Å². The number of rotatable bonds is 2. The van der Waals surface area contributed by atoms with Crippen LogP contribution in [0, 0.1) is 5.92 Å². The van der Waals surface area contributed by atoms with Crippen molar-refractivity contribution in [2.45, 2.75) is 168 Å². The summed E-state index contributed by atoms with van der Waals surface area (Å²) < 4.78 is 17.5. The number of carbonyl (C=O) groups excluding carboxylic acids is 1. The molecule has 9 aromatic rings. The third-order valence-corrected chi connectivity index (χ3v) is 29.9. The Kier molecular flexibility index (Phi) is 27.0. The van der Waals surface area contributed by atoms with Crippen LogP contribution in [0.4, 0.5) is 5.69 Å². The van der Waals surface area contributed by atoms with Crippen molar-refractivity contribution >= 4 is 28.5 Å². The van der Waals surface area contributed by atoms with Gasteiger partial charge in [0.2, 0.25) is 0 Å². The van der Waals surface area contributed by atoms with Crippen LogP contribution in [0.3, 0.4) is 0 Å². The summed E-state index contributed by atoms with van der Waals surface area (Å²) in [4.78, 5) is 33.9. The molecule has 1 aromatic heterocycles. The van der Waals surface area contributed by atoms with Gasteiger partial charge in [-0.1, -0.05) is 188 Å². The Morgan fingerprint density at radius 3 is 1.71 bits per heavy atom. The maximum Gasteiger partial charge on any atom is 0.160 e. The van der Waals surface area contributed by atoms with E-state index in [2.05, 4.69) is 301 Å². The van der Waals surface area contributed by atoms with E-state index in [0.717, 1.165) is 106 Å². The number of allylic oxidation sites excluding steroid dienone is 1. The number of likely N-dealkylation sites (tertiary alicyclic amines) is 7. The highest BCUT2D eigenvalue weighted by atomic mass is 16.5. The second kappa shape index (κ2) is 38.2. The third kappa shape index (κ3) is 18.9. The maximum absolute atomic E-state index is 12.4. The average molecular weight is 1590 g/mol. The lowest BCUT2D eigenvalue weighted by molar-refractivity contribution is -0.123. The number of piperidine rings is 6. The van der Waals surface area contributed by atoms with Gasteiger partial charge in [-0.3, -0.25) is 14.6 Å². The molecule has 0 bridgehead atoms. The predicted molar refractivity (Wildman–Crippen MR) is 487 cm³/mol. The fourth-order valence-electron chi connectivity index (χ4n) is 22.5. The standard InChI is InChI=1S/C15H20N2O.C14H19N.C14H17N.C14H19N.2C12H15NO.C12H13NO.C12H17N/c1-16-11-8-15(9-12-16)14(18)7-10-17(15)13-5-3-2-4-6-13;2*1-15-10-8-14(9-11-15)7-6-12-4-2-3-5-13(12)14;1-15-9-8-14-12(10-15)7-6-11-4-2-3-5-13(11)14;1-13-7-6-9-10-4-2-3-5-12(10)14-8-11(9)13;2*1-13-7-6-10-9-4-2-3-5-11(9)14-12(10)8-13;1-13-9-7-12(8-10-13)11-5-3-2-4-6-11/h2-6H,7-12H2,1H3;2-5H,6-11H2,1H3;2-7H,8-11H2,1H3;2-5,12,14H,6-10H2,1H3;2-5,9,11H,6-8H2,1H3;2-5,10,12H,6-8H2,1H3;2-5H,6-8H2,1H3;2-6,12H,7-10H2,1H3/t;;;12-,14-;;10-,12-;;/m...0.1../s1. The molecular weight excluding hydrogens is 1450 g/mol. The van der Waals surface area contributed by atoms with Crippen molar-refractivity contribution in [3.8, 4) is 11.5 Å². The Balaban J connectivity index is 0.000000101. The molecule has 6 atom stereocenters. The van der Waals surface area contributed by atoms with Crippen LogP contribution in [0.15, 0.2) is 217 Å². The second-order valence-electron chi connectivity index (χ2n) is 37.4. The first kappa shape index (κ1) is 83.4. The molecule has 8 aromatic carbocycles. The molecule has 118 heavy (non-hydrogen) atoms. The number of aryl methyl sites for hydroxylation is 2. The normalized spacial score (nSPS) is 25.2. The lowest BCUT2D eigenvalue weighted by Crippen LogP contribution is -2.55. The van der Waals surface area contributed by atoms with E-state index in [9.17, 15) is 4.79 Å². The highest BCUT2D eigenvalue weighted by Crippen LogP contribution is 2.49. The monoisotopic (exact) mass is 1590 g/mol. The zero-order chi connectivity index (χ0) is 81.2. The first-order valence-electron chi connectivity index (χ1n) is 45.4. The average Bonchev–Trinajstić information content (AvgIpc) is 1.60. The number of ketones is 1. The number of anilines is 1. The SMILES string of the molecule is CN1CCC(c2ccccc2)CC1.CN1CCC2(C=Cc3ccccc32)CC1.CN1CCC2(CC1)C(=O)CCN2c1ccccc1.CN1CCC2(CCc3ccccc32)CC1.CN1CCC2c3ccccc3OCC21.CN1CC[C@@H]2c3ccccc3CC[C@H]2C1.CN1CC[C@@H]2c3ccccc3O[C@@H]2C1.CN1CCc2c(oc3ccccc23)C1. The summed E-state index contributed by atoms with van der Waals surface area (Å²) in [5, 5.41) is 1.30. The van der Waals surface area contributed by atoms with Crippen LogP contribution in [-0.2, 0) is 41.4 Å². The summed E-state index contributed by atoms with van der Waals surface area (Å²) in [6.45, 7) is 19.4. The van der Waals surface area contributed by atoms with E-state index < -0.39 is 0 Å².